The molecule has 33 heavy (non-hydrogen) atoms. The van der Waals surface area contributed by atoms with Crippen LogP contribution in [0.3, 0.4) is 0 Å². The summed E-state index contributed by atoms with van der Waals surface area (Å²) < 4.78 is 17.0. The number of aryl methyl sites for hydroxylation is 2. The quantitative estimate of drug-likeness (QED) is 0.460. The minimum atomic E-state index is -0.472. The van der Waals surface area contributed by atoms with Gasteiger partial charge < -0.3 is 19.1 Å². The topological polar surface area (TPSA) is 90.5 Å². The van der Waals surface area contributed by atoms with Gasteiger partial charge >= 0.3 is 0 Å². The largest absolute Gasteiger partial charge is 0.490 e. The van der Waals surface area contributed by atoms with Gasteiger partial charge in [-0.1, -0.05) is 31.8 Å². The normalized spacial score (nSPS) is 15.1. The number of nitrogens with zero attached hydrogens (tertiary/aromatic N) is 3. The molecule has 1 saturated carbocycles. The lowest BCUT2D eigenvalue weighted by Crippen LogP contribution is -2.17. The summed E-state index contributed by atoms with van der Waals surface area (Å²) in [5.41, 5.74) is 4.76. The third kappa shape index (κ3) is 5.19. The summed E-state index contributed by atoms with van der Waals surface area (Å²) in [5.74, 6) is 2.81. The molecule has 4 rings (SSSR count). The number of benzene rings is 1. The third-order valence-electron chi connectivity index (χ3n) is 6.36. The molecule has 1 N–H and O–H groups in total. The van der Waals surface area contributed by atoms with E-state index in [-0.39, 0.29) is 6.61 Å². The van der Waals surface area contributed by atoms with Crippen molar-refractivity contribution in [2.24, 2.45) is 0 Å². The van der Waals surface area contributed by atoms with Gasteiger partial charge in [-0.3, -0.25) is 0 Å². The van der Waals surface area contributed by atoms with Gasteiger partial charge in [0.15, 0.2) is 0 Å². The van der Waals surface area contributed by atoms with Gasteiger partial charge in [-0.05, 0) is 61.9 Å². The molecule has 0 bridgehead atoms. The first-order chi connectivity index (χ1) is 16.0. The van der Waals surface area contributed by atoms with Crippen LogP contribution in [-0.4, -0.2) is 40.1 Å². The van der Waals surface area contributed by atoms with Gasteiger partial charge in [0.25, 0.3) is 5.89 Å². The smallest absolute Gasteiger partial charge is 0.258 e. The highest BCUT2D eigenvalue weighted by Crippen LogP contribution is 2.36. The van der Waals surface area contributed by atoms with Crippen molar-refractivity contribution in [2.75, 3.05) is 13.7 Å². The first kappa shape index (κ1) is 23.2. The molecule has 2 heterocycles. The summed E-state index contributed by atoms with van der Waals surface area (Å²) in [6.45, 7) is 6.30. The van der Waals surface area contributed by atoms with Crippen molar-refractivity contribution in [3.05, 3.63) is 41.1 Å². The van der Waals surface area contributed by atoms with Gasteiger partial charge in [0.05, 0.1) is 13.2 Å². The molecule has 0 saturated heterocycles. The SMILES string of the molecule is CCc1cc(-c2noc(-c3cc(OC)nc(C4CCCC4)c3)n2)cc(C)c1OC[C@@H](O)CC. The lowest BCUT2D eigenvalue weighted by Gasteiger charge is -2.16. The number of methoxy groups -OCH3 is 1. The van der Waals surface area contributed by atoms with Gasteiger partial charge in [-0.15, -0.1) is 0 Å². The zero-order chi connectivity index (χ0) is 23.4. The van der Waals surface area contributed by atoms with Crippen molar-refractivity contribution in [3.63, 3.8) is 0 Å². The zero-order valence-electron chi connectivity index (χ0n) is 19.9. The summed E-state index contributed by atoms with van der Waals surface area (Å²) >= 11 is 0. The molecule has 1 aromatic carbocycles. The Kier molecular flexibility index (Phi) is 7.28. The second-order valence-corrected chi connectivity index (χ2v) is 8.74. The molecule has 1 aliphatic rings. The molecule has 1 aliphatic carbocycles. The Balaban J connectivity index is 1.63. The molecule has 7 heteroatoms. The Hall–Kier alpha value is -2.93. The van der Waals surface area contributed by atoms with E-state index in [0.717, 1.165) is 53.0 Å². The highest BCUT2D eigenvalue weighted by atomic mass is 16.5. The fraction of sp³-hybridized carbons (Fsp3) is 0.500. The lowest BCUT2D eigenvalue weighted by molar-refractivity contribution is 0.103. The van der Waals surface area contributed by atoms with Crippen LogP contribution in [0.2, 0.25) is 0 Å². The Bertz CT molecular complexity index is 1090. The number of aromatic nitrogens is 3. The van der Waals surface area contributed by atoms with Crippen molar-refractivity contribution < 1.29 is 19.1 Å². The molecule has 1 atom stereocenters. The fourth-order valence-corrected chi connectivity index (χ4v) is 4.39. The fourth-order valence-electron chi connectivity index (χ4n) is 4.39. The van der Waals surface area contributed by atoms with Crippen LogP contribution in [0.5, 0.6) is 11.6 Å². The Morgan fingerprint density at radius 2 is 1.88 bits per heavy atom. The zero-order valence-corrected chi connectivity index (χ0v) is 19.9. The lowest BCUT2D eigenvalue weighted by atomic mass is 10.0. The molecular weight excluding hydrogens is 418 g/mol. The van der Waals surface area contributed by atoms with Crippen LogP contribution >= 0.6 is 0 Å². The van der Waals surface area contributed by atoms with Crippen LogP contribution in [-0.2, 0) is 6.42 Å². The predicted molar refractivity (Wildman–Crippen MR) is 127 cm³/mol. The van der Waals surface area contributed by atoms with Gasteiger partial charge in [0, 0.05) is 28.8 Å². The second kappa shape index (κ2) is 10.3. The number of pyridine rings is 1. The molecule has 1 fully saturated rings. The first-order valence-corrected chi connectivity index (χ1v) is 11.9. The average Bonchev–Trinajstić information content (AvgIpc) is 3.55. The Morgan fingerprint density at radius 3 is 2.58 bits per heavy atom. The number of ether oxygens (including phenoxy) is 2. The van der Waals surface area contributed by atoms with E-state index >= 15 is 0 Å². The summed E-state index contributed by atoms with van der Waals surface area (Å²) in [6, 6.07) is 7.92. The summed E-state index contributed by atoms with van der Waals surface area (Å²) in [7, 11) is 1.63. The highest BCUT2D eigenvalue weighted by Gasteiger charge is 2.22. The predicted octanol–water partition coefficient (Wildman–Crippen LogP) is 5.49. The maximum Gasteiger partial charge on any atom is 0.258 e. The molecule has 0 radical (unpaired) electrons. The first-order valence-electron chi connectivity index (χ1n) is 11.9. The maximum absolute atomic E-state index is 9.87. The molecular formula is C26H33N3O4. The van der Waals surface area contributed by atoms with Crippen molar-refractivity contribution >= 4 is 0 Å². The van der Waals surface area contributed by atoms with E-state index in [4.69, 9.17) is 14.0 Å². The minimum Gasteiger partial charge on any atom is -0.490 e. The molecule has 0 aliphatic heterocycles. The van der Waals surface area contributed by atoms with Gasteiger partial charge in [-0.25, -0.2) is 4.98 Å². The van der Waals surface area contributed by atoms with E-state index in [0.29, 0.717) is 29.9 Å². The average molecular weight is 452 g/mol. The molecule has 0 spiro atoms. The molecule has 176 valence electrons. The molecule has 0 unspecified atom stereocenters. The van der Waals surface area contributed by atoms with Crippen LogP contribution < -0.4 is 9.47 Å². The van der Waals surface area contributed by atoms with Crippen LogP contribution in [0.15, 0.2) is 28.8 Å². The van der Waals surface area contributed by atoms with E-state index in [1.165, 1.54) is 12.8 Å². The van der Waals surface area contributed by atoms with Crippen LogP contribution in [0.4, 0.5) is 0 Å². The molecule has 3 aromatic rings. The number of rotatable bonds is 9. The molecule has 0 amide bonds. The number of aliphatic hydroxyl groups excluding tert-OH is 1. The third-order valence-corrected chi connectivity index (χ3v) is 6.36. The monoisotopic (exact) mass is 451 g/mol. The van der Waals surface area contributed by atoms with Crippen molar-refractivity contribution in [2.45, 2.75) is 71.3 Å². The number of aliphatic hydroxyl groups is 1. The summed E-state index contributed by atoms with van der Waals surface area (Å²) in [4.78, 5) is 9.35. The van der Waals surface area contributed by atoms with Crippen LogP contribution in [0, 0.1) is 6.92 Å². The Labute approximate surface area is 195 Å². The van der Waals surface area contributed by atoms with Gasteiger partial charge in [0.1, 0.15) is 12.4 Å². The van der Waals surface area contributed by atoms with E-state index < -0.39 is 6.10 Å². The van der Waals surface area contributed by atoms with Crippen LogP contribution in [0.1, 0.15) is 68.7 Å². The number of hydrogen-bond acceptors (Lipinski definition) is 7. The number of hydrogen-bond donors (Lipinski definition) is 1. The second-order valence-electron chi connectivity index (χ2n) is 8.74. The minimum absolute atomic E-state index is 0.281. The standard InChI is InChI=1S/C26H33N3O4/c1-5-17-12-19(11-16(3)24(17)32-15-21(30)6-2)25-28-26(33-29-25)20-13-22(18-9-7-8-10-18)27-23(14-20)31-4/h11-14,18,21,30H,5-10,15H2,1-4H3/t21-/m0/s1. The highest BCUT2D eigenvalue weighted by molar-refractivity contribution is 5.64. The van der Waals surface area contributed by atoms with Crippen LogP contribution in [0.25, 0.3) is 22.8 Å². The Morgan fingerprint density at radius 1 is 1.09 bits per heavy atom. The van der Waals surface area contributed by atoms with E-state index in [2.05, 4.69) is 28.1 Å². The van der Waals surface area contributed by atoms with E-state index in [1.54, 1.807) is 7.11 Å². The van der Waals surface area contributed by atoms with Crippen molar-refractivity contribution in [3.8, 4) is 34.5 Å². The molecule has 7 nitrogen and oxygen atoms in total. The van der Waals surface area contributed by atoms with Crippen molar-refractivity contribution in [1.29, 1.82) is 0 Å². The van der Waals surface area contributed by atoms with E-state index in [1.807, 2.05) is 32.0 Å². The maximum atomic E-state index is 9.87. The van der Waals surface area contributed by atoms with E-state index in [9.17, 15) is 5.11 Å². The molecule has 2 aromatic heterocycles. The summed E-state index contributed by atoms with van der Waals surface area (Å²) in [5, 5.41) is 14.1. The van der Waals surface area contributed by atoms with Gasteiger partial charge in [0.2, 0.25) is 11.7 Å². The summed E-state index contributed by atoms with van der Waals surface area (Å²) in [6.07, 6.45) is 5.75. The van der Waals surface area contributed by atoms with Gasteiger partial charge in [-0.2, -0.15) is 4.98 Å². The van der Waals surface area contributed by atoms with Crippen molar-refractivity contribution in [1.82, 2.24) is 15.1 Å².